The number of hydrogen-bond donors (Lipinski definition) is 3. The number of aliphatic carboxylic acids is 1. The summed E-state index contributed by atoms with van der Waals surface area (Å²) in [6.07, 6.45) is -6.07. The lowest BCUT2D eigenvalue weighted by molar-refractivity contribution is -0.178. The molecule has 1 heterocycles. The maximum absolute atomic E-state index is 12.8. The number of nitrogens with zero attached hydrogens (tertiary/aromatic N) is 1. The first-order valence-corrected chi connectivity index (χ1v) is 10.3. The Morgan fingerprint density at radius 3 is 2.11 bits per heavy atom. The molecule has 0 radical (unpaired) electrons. The van der Waals surface area contributed by atoms with Crippen LogP contribution >= 0.6 is 0 Å². The number of carbonyl (C=O) groups is 3. The molecule has 0 aliphatic heterocycles. The molecule has 1 aliphatic rings. The summed E-state index contributed by atoms with van der Waals surface area (Å²) in [5.41, 5.74) is 3.61. The number of hydrogen-bond acceptors (Lipinski definition) is 5. The van der Waals surface area contributed by atoms with E-state index in [2.05, 4.69) is 10.3 Å². The number of carboxylic acids is 1. The Balaban J connectivity index is 1.41. The smallest absolute Gasteiger partial charge is 0.419 e. The predicted octanol–water partition coefficient (Wildman–Crippen LogP) is 4.19. The first-order chi connectivity index (χ1) is 16.6. The van der Waals surface area contributed by atoms with E-state index in [1.807, 2.05) is 48.5 Å². The summed E-state index contributed by atoms with van der Waals surface area (Å²) in [6.45, 7) is 0.0198. The third kappa shape index (κ3) is 5.08. The van der Waals surface area contributed by atoms with Crippen molar-refractivity contribution in [3.63, 3.8) is 0 Å². The van der Waals surface area contributed by atoms with Crippen molar-refractivity contribution in [2.24, 2.45) is 0 Å². The Hall–Kier alpha value is -4.41. The number of benzene rings is 2. The van der Waals surface area contributed by atoms with Crippen LogP contribution in [0.25, 0.3) is 11.1 Å². The Labute approximate surface area is 196 Å². The van der Waals surface area contributed by atoms with Crippen LogP contribution in [-0.4, -0.2) is 46.9 Å². The average Bonchev–Trinajstić information content (AvgIpc) is 3.14. The molecular formula is C24H18F3N3O5. The number of nitrogens with one attached hydrogen (secondary N) is 2. The molecule has 0 fully saturated rings. The van der Waals surface area contributed by atoms with E-state index in [1.165, 1.54) is 17.4 Å². The van der Waals surface area contributed by atoms with E-state index in [9.17, 15) is 27.6 Å². The minimum atomic E-state index is -5.20. The lowest BCUT2D eigenvalue weighted by Crippen LogP contribution is -2.50. The molecule has 35 heavy (non-hydrogen) atoms. The highest BCUT2D eigenvalue weighted by atomic mass is 19.4. The molecule has 1 aliphatic carbocycles. The summed E-state index contributed by atoms with van der Waals surface area (Å²) >= 11 is 0. The second-order valence-corrected chi connectivity index (χ2v) is 7.64. The minimum absolute atomic E-state index is 0.0198. The summed E-state index contributed by atoms with van der Waals surface area (Å²) in [5, 5.41) is 12.4. The largest absolute Gasteiger partial charge is 0.479 e. The molecule has 1 unspecified atom stereocenters. The second-order valence-electron chi connectivity index (χ2n) is 7.64. The van der Waals surface area contributed by atoms with Gasteiger partial charge >= 0.3 is 18.2 Å². The van der Waals surface area contributed by atoms with Gasteiger partial charge in [0.2, 0.25) is 6.04 Å². The lowest BCUT2D eigenvalue weighted by atomic mass is 9.98. The van der Waals surface area contributed by atoms with Crippen molar-refractivity contribution in [2.75, 3.05) is 11.9 Å². The van der Waals surface area contributed by atoms with Crippen LogP contribution in [0.5, 0.6) is 0 Å². The molecule has 0 saturated carbocycles. The third-order valence-electron chi connectivity index (χ3n) is 5.41. The van der Waals surface area contributed by atoms with Gasteiger partial charge in [0, 0.05) is 5.92 Å². The number of aromatic nitrogens is 1. The SMILES string of the molecule is O=C(Nc1cccc(C(=O)NC(C(=O)O)C(F)(F)F)n1)OCC1c2ccccc2-c2ccccc21. The molecule has 2 amide bonds. The summed E-state index contributed by atoms with van der Waals surface area (Å²) in [4.78, 5) is 39.1. The van der Waals surface area contributed by atoms with Gasteiger partial charge in [-0.3, -0.25) is 10.1 Å². The van der Waals surface area contributed by atoms with Crippen LogP contribution in [0.2, 0.25) is 0 Å². The summed E-state index contributed by atoms with van der Waals surface area (Å²) in [5.74, 6) is -3.98. The van der Waals surface area contributed by atoms with E-state index in [0.717, 1.165) is 28.3 Å². The predicted molar refractivity (Wildman–Crippen MR) is 118 cm³/mol. The van der Waals surface area contributed by atoms with Crippen molar-refractivity contribution in [3.8, 4) is 11.1 Å². The highest BCUT2D eigenvalue weighted by Crippen LogP contribution is 2.44. The topological polar surface area (TPSA) is 118 Å². The zero-order chi connectivity index (χ0) is 25.2. The summed E-state index contributed by atoms with van der Waals surface area (Å²) < 4.78 is 43.8. The number of pyridine rings is 1. The number of anilines is 1. The van der Waals surface area contributed by atoms with Gasteiger partial charge in [0.1, 0.15) is 18.1 Å². The van der Waals surface area contributed by atoms with Gasteiger partial charge in [-0.2, -0.15) is 13.2 Å². The summed E-state index contributed by atoms with van der Waals surface area (Å²) in [7, 11) is 0. The van der Waals surface area contributed by atoms with E-state index >= 15 is 0 Å². The molecule has 1 aromatic heterocycles. The highest BCUT2D eigenvalue weighted by Gasteiger charge is 2.46. The Kier molecular flexibility index (Phi) is 6.41. The van der Waals surface area contributed by atoms with E-state index in [-0.39, 0.29) is 18.3 Å². The lowest BCUT2D eigenvalue weighted by Gasteiger charge is -2.17. The van der Waals surface area contributed by atoms with Crippen molar-refractivity contribution in [1.29, 1.82) is 0 Å². The third-order valence-corrected chi connectivity index (χ3v) is 5.41. The van der Waals surface area contributed by atoms with Crippen molar-refractivity contribution in [1.82, 2.24) is 10.3 Å². The Morgan fingerprint density at radius 1 is 0.943 bits per heavy atom. The van der Waals surface area contributed by atoms with Gasteiger partial charge in [-0.25, -0.2) is 14.6 Å². The highest BCUT2D eigenvalue weighted by molar-refractivity contribution is 5.96. The van der Waals surface area contributed by atoms with E-state index in [0.29, 0.717) is 0 Å². The Bertz CT molecular complexity index is 1250. The van der Waals surface area contributed by atoms with E-state index in [4.69, 9.17) is 9.84 Å². The number of rotatable bonds is 6. The molecule has 0 bridgehead atoms. The van der Waals surface area contributed by atoms with Gasteiger partial charge in [0.05, 0.1) is 0 Å². The van der Waals surface area contributed by atoms with E-state index < -0.39 is 35.9 Å². The van der Waals surface area contributed by atoms with Crippen molar-refractivity contribution < 1.29 is 37.4 Å². The zero-order valence-corrected chi connectivity index (χ0v) is 17.9. The average molecular weight is 485 g/mol. The fourth-order valence-corrected chi connectivity index (χ4v) is 3.86. The molecular weight excluding hydrogens is 467 g/mol. The van der Waals surface area contributed by atoms with Gasteiger partial charge in [-0.15, -0.1) is 0 Å². The first-order valence-electron chi connectivity index (χ1n) is 10.3. The molecule has 180 valence electrons. The maximum Gasteiger partial charge on any atom is 0.419 e. The molecule has 0 spiro atoms. The number of carboxylic acid groups (broad SMARTS) is 1. The fraction of sp³-hybridized carbons (Fsp3) is 0.167. The van der Waals surface area contributed by atoms with Gasteiger partial charge < -0.3 is 15.2 Å². The number of ether oxygens (including phenoxy) is 1. The fourth-order valence-electron chi connectivity index (χ4n) is 3.86. The molecule has 2 aromatic carbocycles. The van der Waals surface area contributed by atoms with Crippen LogP contribution < -0.4 is 10.6 Å². The second kappa shape index (κ2) is 9.45. The van der Waals surface area contributed by atoms with E-state index in [1.54, 1.807) is 0 Å². The zero-order valence-electron chi connectivity index (χ0n) is 17.9. The van der Waals surface area contributed by atoms with Crippen LogP contribution in [0, 0.1) is 0 Å². The molecule has 3 aromatic rings. The van der Waals surface area contributed by atoms with Gasteiger partial charge in [-0.1, -0.05) is 54.6 Å². The van der Waals surface area contributed by atoms with Crippen LogP contribution in [0.15, 0.2) is 66.7 Å². The first kappa shape index (κ1) is 23.7. The Morgan fingerprint density at radius 2 is 1.54 bits per heavy atom. The number of halogens is 3. The normalized spacial score (nSPS) is 13.3. The number of carbonyl (C=O) groups excluding carboxylic acids is 2. The molecule has 1 atom stereocenters. The number of amides is 2. The van der Waals surface area contributed by atoms with Gasteiger partial charge in [-0.05, 0) is 34.4 Å². The quantitative estimate of drug-likeness (QED) is 0.482. The van der Waals surface area contributed by atoms with Crippen LogP contribution in [0.4, 0.5) is 23.8 Å². The van der Waals surface area contributed by atoms with Gasteiger partial charge in [0.15, 0.2) is 0 Å². The number of alkyl halides is 3. The maximum atomic E-state index is 12.8. The monoisotopic (exact) mass is 485 g/mol. The molecule has 0 saturated heterocycles. The molecule has 11 heteroatoms. The molecule has 3 N–H and O–H groups in total. The summed E-state index contributed by atoms with van der Waals surface area (Å²) in [6, 6.07) is 16.1. The standard InChI is InChI=1S/C24H18F3N3O5/c25-24(26,27)20(22(32)33)30-21(31)18-10-5-11-19(28-18)29-23(34)35-12-17-15-8-3-1-6-13(15)14-7-2-4-9-16(14)17/h1-11,17,20H,12H2,(H,30,31)(H,32,33)(H,28,29,34). The van der Waals surface area contributed by atoms with Crippen LogP contribution in [0.1, 0.15) is 27.5 Å². The molecule has 4 rings (SSSR count). The van der Waals surface area contributed by atoms with Crippen molar-refractivity contribution in [2.45, 2.75) is 18.1 Å². The minimum Gasteiger partial charge on any atom is -0.479 e. The van der Waals surface area contributed by atoms with Crippen molar-refractivity contribution in [3.05, 3.63) is 83.6 Å². The van der Waals surface area contributed by atoms with Gasteiger partial charge in [0.25, 0.3) is 5.91 Å². The van der Waals surface area contributed by atoms with Crippen LogP contribution in [0.3, 0.4) is 0 Å². The number of fused-ring (bicyclic) bond motifs is 3. The van der Waals surface area contributed by atoms with Crippen LogP contribution in [-0.2, 0) is 9.53 Å². The van der Waals surface area contributed by atoms with Crippen molar-refractivity contribution >= 4 is 23.8 Å². The molecule has 8 nitrogen and oxygen atoms in total.